The van der Waals surface area contributed by atoms with Crippen molar-refractivity contribution >= 4 is 34.0 Å². The summed E-state index contributed by atoms with van der Waals surface area (Å²) in [6, 6.07) is 18.7. The first-order valence-corrected chi connectivity index (χ1v) is 8.64. The van der Waals surface area contributed by atoms with Crippen LogP contribution in [0.25, 0.3) is 10.8 Å². The van der Waals surface area contributed by atoms with Crippen LogP contribution in [-0.2, 0) is 4.79 Å². The highest BCUT2D eigenvalue weighted by molar-refractivity contribution is 6.13. The molecule has 1 N–H and O–H groups in total. The summed E-state index contributed by atoms with van der Waals surface area (Å²) in [6.07, 6.45) is 1.66. The lowest BCUT2D eigenvalue weighted by Crippen LogP contribution is -2.38. The van der Waals surface area contributed by atoms with E-state index < -0.39 is 0 Å². The molecule has 27 heavy (non-hydrogen) atoms. The Balaban J connectivity index is 1.66. The van der Waals surface area contributed by atoms with Crippen molar-refractivity contribution < 1.29 is 14.3 Å². The number of carbonyl (C=O) groups excluding carboxylic acids is 2. The van der Waals surface area contributed by atoms with Gasteiger partial charge in [-0.3, -0.25) is 9.59 Å². The zero-order chi connectivity index (χ0) is 18.8. The van der Waals surface area contributed by atoms with Gasteiger partial charge in [-0.15, -0.1) is 6.58 Å². The third-order valence-corrected chi connectivity index (χ3v) is 4.51. The Hall–Kier alpha value is -3.60. The maximum absolute atomic E-state index is 12.8. The fourth-order valence-electron chi connectivity index (χ4n) is 3.23. The van der Waals surface area contributed by atoms with Crippen LogP contribution in [0, 0.1) is 0 Å². The molecule has 0 aromatic heterocycles. The number of nitrogens with zero attached hydrogens (tertiary/aromatic N) is 1. The number of anilines is 2. The number of ether oxygens (including phenoxy) is 1. The van der Waals surface area contributed by atoms with Gasteiger partial charge in [0.05, 0.1) is 5.69 Å². The van der Waals surface area contributed by atoms with E-state index in [1.54, 1.807) is 35.2 Å². The van der Waals surface area contributed by atoms with Crippen LogP contribution in [0.15, 0.2) is 73.3 Å². The summed E-state index contributed by atoms with van der Waals surface area (Å²) in [6.45, 7) is 4.08. The first kappa shape index (κ1) is 16.8. The molecule has 1 heterocycles. The van der Waals surface area contributed by atoms with Gasteiger partial charge in [-0.1, -0.05) is 42.5 Å². The van der Waals surface area contributed by atoms with E-state index in [9.17, 15) is 9.59 Å². The smallest absolute Gasteiger partial charge is 0.265 e. The average Bonchev–Trinajstić information content (AvgIpc) is 2.70. The minimum absolute atomic E-state index is 0.00253. The van der Waals surface area contributed by atoms with E-state index in [0.29, 0.717) is 29.2 Å². The fraction of sp³-hybridized carbons (Fsp3) is 0.0909. The van der Waals surface area contributed by atoms with Crippen LogP contribution in [0.5, 0.6) is 5.75 Å². The number of rotatable bonds is 4. The van der Waals surface area contributed by atoms with Crippen LogP contribution in [0.3, 0.4) is 0 Å². The molecule has 0 spiro atoms. The number of hydrogen-bond acceptors (Lipinski definition) is 3. The van der Waals surface area contributed by atoms with Gasteiger partial charge < -0.3 is 15.0 Å². The molecule has 0 aliphatic carbocycles. The lowest BCUT2D eigenvalue weighted by Gasteiger charge is -2.28. The topological polar surface area (TPSA) is 58.6 Å². The first-order valence-electron chi connectivity index (χ1n) is 8.64. The zero-order valence-corrected chi connectivity index (χ0v) is 14.6. The highest BCUT2D eigenvalue weighted by Crippen LogP contribution is 2.34. The molecule has 0 bridgehead atoms. The lowest BCUT2D eigenvalue weighted by molar-refractivity contribution is -0.121. The summed E-state index contributed by atoms with van der Waals surface area (Å²) < 4.78 is 5.48. The Bertz CT molecular complexity index is 1050. The molecule has 3 aromatic rings. The van der Waals surface area contributed by atoms with Crippen molar-refractivity contribution in [3.05, 3.63) is 78.9 Å². The maximum Gasteiger partial charge on any atom is 0.265 e. The number of carbonyl (C=O) groups is 2. The second kappa shape index (κ2) is 6.96. The third kappa shape index (κ3) is 3.15. The highest BCUT2D eigenvalue weighted by Gasteiger charge is 2.25. The van der Waals surface area contributed by atoms with Crippen molar-refractivity contribution in [1.82, 2.24) is 0 Å². The van der Waals surface area contributed by atoms with Crippen LogP contribution in [0.1, 0.15) is 10.4 Å². The molecule has 134 valence electrons. The Morgan fingerprint density at radius 1 is 1.15 bits per heavy atom. The van der Waals surface area contributed by atoms with Crippen LogP contribution >= 0.6 is 0 Å². The minimum atomic E-state index is -0.204. The molecule has 0 saturated carbocycles. The van der Waals surface area contributed by atoms with Gasteiger partial charge in [0.2, 0.25) is 0 Å². The predicted molar refractivity (Wildman–Crippen MR) is 106 cm³/mol. The van der Waals surface area contributed by atoms with Crippen molar-refractivity contribution in [2.45, 2.75) is 0 Å². The molecule has 0 radical (unpaired) electrons. The Labute approximate surface area is 156 Å². The van der Waals surface area contributed by atoms with Crippen LogP contribution in [0.2, 0.25) is 0 Å². The van der Waals surface area contributed by atoms with Gasteiger partial charge >= 0.3 is 0 Å². The number of fused-ring (bicyclic) bond motifs is 2. The first-order chi connectivity index (χ1) is 13.2. The van der Waals surface area contributed by atoms with E-state index in [4.69, 9.17) is 4.74 Å². The fourth-order valence-corrected chi connectivity index (χ4v) is 3.23. The van der Waals surface area contributed by atoms with Crippen molar-refractivity contribution in [3.63, 3.8) is 0 Å². The van der Waals surface area contributed by atoms with E-state index in [-0.39, 0.29) is 18.4 Å². The third-order valence-electron chi connectivity index (χ3n) is 4.51. The normalized spacial score (nSPS) is 13.0. The van der Waals surface area contributed by atoms with Gasteiger partial charge in [-0.05, 0) is 35.0 Å². The molecular formula is C22H18N2O3. The quantitative estimate of drug-likeness (QED) is 0.717. The van der Waals surface area contributed by atoms with Gasteiger partial charge in [0, 0.05) is 17.8 Å². The molecule has 1 aliphatic heterocycles. The van der Waals surface area contributed by atoms with Gasteiger partial charge in [0.15, 0.2) is 6.61 Å². The molecular weight excluding hydrogens is 340 g/mol. The number of nitrogens with one attached hydrogen (secondary N) is 1. The minimum Gasteiger partial charge on any atom is -0.482 e. The number of hydrogen-bond donors (Lipinski definition) is 1. The van der Waals surface area contributed by atoms with Gasteiger partial charge in [0.1, 0.15) is 5.75 Å². The molecule has 5 nitrogen and oxygen atoms in total. The molecule has 0 saturated heterocycles. The second-order valence-corrected chi connectivity index (χ2v) is 6.25. The Morgan fingerprint density at radius 2 is 1.96 bits per heavy atom. The Kier molecular flexibility index (Phi) is 4.34. The van der Waals surface area contributed by atoms with Gasteiger partial charge in [0.25, 0.3) is 11.8 Å². The standard InChI is InChI=1S/C22H18N2O3/c1-2-12-24-19-13-16(10-11-20(19)27-14-21(24)25)23-22(26)18-9-5-7-15-6-3-4-8-17(15)18/h2-11,13H,1,12,14H2,(H,23,26). The largest absolute Gasteiger partial charge is 0.482 e. The van der Waals surface area contributed by atoms with E-state index in [0.717, 1.165) is 10.8 Å². The predicted octanol–water partition coefficient (Wildman–Crippen LogP) is 4.00. The Morgan fingerprint density at radius 3 is 2.81 bits per heavy atom. The molecule has 0 atom stereocenters. The molecule has 5 heteroatoms. The summed E-state index contributed by atoms with van der Waals surface area (Å²) >= 11 is 0. The summed E-state index contributed by atoms with van der Waals surface area (Å²) in [5, 5.41) is 4.82. The van der Waals surface area contributed by atoms with Crippen LogP contribution < -0.4 is 15.0 Å². The molecule has 1 aliphatic rings. The molecule has 2 amide bonds. The van der Waals surface area contributed by atoms with Gasteiger partial charge in [-0.2, -0.15) is 0 Å². The second-order valence-electron chi connectivity index (χ2n) is 6.25. The van der Waals surface area contributed by atoms with E-state index in [1.807, 2.05) is 36.4 Å². The molecule has 4 rings (SSSR count). The monoisotopic (exact) mass is 358 g/mol. The van der Waals surface area contributed by atoms with E-state index in [2.05, 4.69) is 11.9 Å². The average molecular weight is 358 g/mol. The lowest BCUT2D eigenvalue weighted by atomic mass is 10.0. The summed E-state index contributed by atoms with van der Waals surface area (Å²) in [5.41, 5.74) is 1.82. The summed E-state index contributed by atoms with van der Waals surface area (Å²) in [7, 11) is 0. The highest BCUT2D eigenvalue weighted by atomic mass is 16.5. The van der Waals surface area contributed by atoms with E-state index in [1.165, 1.54) is 0 Å². The van der Waals surface area contributed by atoms with Crippen LogP contribution in [0.4, 0.5) is 11.4 Å². The van der Waals surface area contributed by atoms with Gasteiger partial charge in [-0.25, -0.2) is 0 Å². The number of benzene rings is 3. The zero-order valence-electron chi connectivity index (χ0n) is 14.6. The van der Waals surface area contributed by atoms with Crippen molar-refractivity contribution in [3.8, 4) is 5.75 Å². The van der Waals surface area contributed by atoms with Crippen molar-refractivity contribution in [2.75, 3.05) is 23.4 Å². The van der Waals surface area contributed by atoms with Crippen LogP contribution in [-0.4, -0.2) is 25.0 Å². The van der Waals surface area contributed by atoms with Crippen molar-refractivity contribution in [1.29, 1.82) is 0 Å². The van der Waals surface area contributed by atoms with E-state index >= 15 is 0 Å². The summed E-state index contributed by atoms with van der Waals surface area (Å²) in [4.78, 5) is 26.5. The summed E-state index contributed by atoms with van der Waals surface area (Å²) in [5.74, 6) is 0.268. The SMILES string of the molecule is C=CCN1C(=O)COc2ccc(NC(=O)c3cccc4ccccc34)cc21. The molecule has 0 unspecified atom stereocenters. The molecule has 3 aromatic carbocycles. The van der Waals surface area contributed by atoms with Crippen molar-refractivity contribution in [2.24, 2.45) is 0 Å². The maximum atomic E-state index is 12.8. The number of amides is 2. The molecule has 0 fully saturated rings.